The molecule has 1 atom stereocenters. The van der Waals surface area contributed by atoms with E-state index in [-0.39, 0.29) is 12.0 Å². The van der Waals surface area contributed by atoms with E-state index in [0.717, 1.165) is 22.6 Å². The topological polar surface area (TPSA) is 75.6 Å². The number of aryl methyl sites for hydroxylation is 2. The Labute approximate surface area is 158 Å². The van der Waals surface area contributed by atoms with Crippen LogP contribution < -0.4 is 0 Å². The van der Waals surface area contributed by atoms with Crippen LogP contribution in [0.5, 0.6) is 0 Å². The molecule has 0 N–H and O–H groups in total. The fourth-order valence-corrected chi connectivity index (χ4v) is 3.82. The first kappa shape index (κ1) is 17.5. The molecule has 3 heterocycles. The van der Waals surface area contributed by atoms with Crippen molar-refractivity contribution >= 4 is 12.0 Å². The second-order valence-corrected chi connectivity index (χ2v) is 7.41. The number of hydrogen-bond acceptors (Lipinski definition) is 5. The molecule has 27 heavy (non-hydrogen) atoms. The van der Waals surface area contributed by atoms with E-state index < -0.39 is 5.60 Å². The van der Waals surface area contributed by atoms with E-state index in [1.165, 1.54) is 0 Å². The number of carbonyl (C=O) groups excluding carboxylic acids is 2. The summed E-state index contributed by atoms with van der Waals surface area (Å²) in [5.74, 6) is -0.0578. The van der Waals surface area contributed by atoms with Crippen molar-refractivity contribution in [3.8, 4) is 11.3 Å². The maximum absolute atomic E-state index is 13.0. The highest BCUT2D eigenvalue weighted by Crippen LogP contribution is 2.32. The van der Waals surface area contributed by atoms with Gasteiger partial charge in [0.1, 0.15) is 0 Å². The van der Waals surface area contributed by atoms with E-state index in [2.05, 4.69) is 9.97 Å². The molecule has 1 aromatic carbocycles. The number of aromatic nitrogens is 2. The Hall–Kier alpha value is -2.96. The first-order valence-corrected chi connectivity index (χ1v) is 9.01. The molecule has 140 valence electrons. The summed E-state index contributed by atoms with van der Waals surface area (Å²) >= 11 is 0. The zero-order valence-corrected chi connectivity index (χ0v) is 15.7. The van der Waals surface area contributed by atoms with Gasteiger partial charge in [0.05, 0.1) is 30.2 Å². The van der Waals surface area contributed by atoms with E-state index in [1.807, 2.05) is 38.1 Å². The summed E-state index contributed by atoms with van der Waals surface area (Å²) in [7, 11) is 1.72. The lowest BCUT2D eigenvalue weighted by atomic mass is 10.0. The third-order valence-electron chi connectivity index (χ3n) is 5.20. The largest absolute Gasteiger partial charge is 0.439 e. The molecule has 2 fully saturated rings. The van der Waals surface area contributed by atoms with Gasteiger partial charge in [0.15, 0.2) is 5.60 Å². The summed E-state index contributed by atoms with van der Waals surface area (Å²) in [6, 6.07) is 7.46. The molecule has 2 amide bonds. The van der Waals surface area contributed by atoms with Crippen LogP contribution in [0.25, 0.3) is 11.3 Å². The van der Waals surface area contributed by atoms with E-state index in [4.69, 9.17) is 4.74 Å². The van der Waals surface area contributed by atoms with Gasteiger partial charge in [0.2, 0.25) is 0 Å². The number of rotatable bonds is 2. The summed E-state index contributed by atoms with van der Waals surface area (Å²) in [5.41, 5.74) is 3.35. The van der Waals surface area contributed by atoms with E-state index in [9.17, 15) is 9.59 Å². The van der Waals surface area contributed by atoms with Crippen molar-refractivity contribution in [2.24, 2.45) is 0 Å². The minimum absolute atomic E-state index is 0.0578. The number of carbonyl (C=O) groups is 2. The van der Waals surface area contributed by atoms with Gasteiger partial charge in [-0.05, 0) is 26.0 Å². The molecule has 1 spiro atoms. The van der Waals surface area contributed by atoms with E-state index in [1.54, 1.807) is 23.0 Å². The van der Waals surface area contributed by atoms with Gasteiger partial charge in [-0.15, -0.1) is 0 Å². The van der Waals surface area contributed by atoms with E-state index in [0.29, 0.717) is 31.6 Å². The Morgan fingerprint density at radius 1 is 1.26 bits per heavy atom. The Balaban J connectivity index is 1.57. The van der Waals surface area contributed by atoms with Crippen LogP contribution in [0.2, 0.25) is 0 Å². The van der Waals surface area contributed by atoms with Crippen LogP contribution in [0, 0.1) is 13.8 Å². The van der Waals surface area contributed by atoms with Gasteiger partial charge in [-0.25, -0.2) is 9.78 Å². The number of likely N-dealkylation sites (N-methyl/N-ethyl adjacent to an activating group) is 1. The summed E-state index contributed by atoms with van der Waals surface area (Å²) in [4.78, 5) is 37.0. The zero-order chi connectivity index (χ0) is 19.2. The average molecular weight is 366 g/mol. The molecular weight excluding hydrogens is 344 g/mol. The fraction of sp³-hybridized carbons (Fsp3) is 0.400. The molecule has 7 heteroatoms. The standard InChI is InChI=1S/C20H22N4O3/c1-13-10-21-14(2)17(22-13)15-5-4-6-16(9-15)18(25)24-8-7-20(12-24)11-23(3)19(26)27-20/h4-6,9-10H,7-8,11-12H2,1-3H3/t20-/m1/s1. The highest BCUT2D eigenvalue weighted by molar-refractivity contribution is 5.95. The van der Waals surface area contributed by atoms with Crippen molar-refractivity contribution in [1.82, 2.24) is 19.8 Å². The van der Waals surface area contributed by atoms with Crippen LogP contribution in [0.3, 0.4) is 0 Å². The predicted octanol–water partition coefficient (Wildman–Crippen LogP) is 2.43. The van der Waals surface area contributed by atoms with Gasteiger partial charge in [-0.1, -0.05) is 12.1 Å². The minimum Gasteiger partial charge on any atom is -0.439 e. The second-order valence-electron chi connectivity index (χ2n) is 7.41. The lowest BCUT2D eigenvalue weighted by Crippen LogP contribution is -2.39. The van der Waals surface area contributed by atoms with Gasteiger partial charge < -0.3 is 14.5 Å². The summed E-state index contributed by atoms with van der Waals surface area (Å²) in [6.45, 7) is 5.33. The molecule has 1 aromatic heterocycles. The van der Waals surface area contributed by atoms with Crippen LogP contribution >= 0.6 is 0 Å². The molecule has 2 aromatic rings. The van der Waals surface area contributed by atoms with Crippen LogP contribution in [0.15, 0.2) is 30.5 Å². The molecule has 0 aliphatic carbocycles. The molecule has 2 aliphatic rings. The molecule has 2 saturated heterocycles. The normalized spacial score (nSPS) is 21.8. The van der Waals surface area contributed by atoms with Crippen molar-refractivity contribution in [2.75, 3.05) is 26.7 Å². The molecular formula is C20H22N4O3. The molecule has 2 aliphatic heterocycles. The number of nitrogens with zero attached hydrogens (tertiary/aromatic N) is 4. The molecule has 0 bridgehead atoms. The van der Waals surface area contributed by atoms with Crippen molar-refractivity contribution in [2.45, 2.75) is 25.9 Å². The van der Waals surface area contributed by atoms with Gasteiger partial charge in [-0.3, -0.25) is 9.78 Å². The Morgan fingerprint density at radius 2 is 2.07 bits per heavy atom. The molecule has 7 nitrogen and oxygen atoms in total. The number of likely N-dealkylation sites (tertiary alicyclic amines) is 1. The van der Waals surface area contributed by atoms with Crippen LogP contribution in [0.4, 0.5) is 4.79 Å². The summed E-state index contributed by atoms with van der Waals surface area (Å²) in [5, 5.41) is 0. The number of amides is 2. The summed E-state index contributed by atoms with van der Waals surface area (Å²) < 4.78 is 5.54. The SMILES string of the molecule is Cc1cnc(C)c(-c2cccc(C(=O)N3CC[C@@]4(CN(C)C(=O)O4)C3)c2)n1. The van der Waals surface area contributed by atoms with Crippen molar-refractivity contribution in [3.63, 3.8) is 0 Å². The number of benzene rings is 1. The summed E-state index contributed by atoms with van der Waals surface area (Å²) in [6.07, 6.45) is 2.08. The first-order valence-electron chi connectivity index (χ1n) is 9.01. The predicted molar refractivity (Wildman–Crippen MR) is 99.3 cm³/mol. The van der Waals surface area contributed by atoms with E-state index >= 15 is 0 Å². The number of hydrogen-bond donors (Lipinski definition) is 0. The highest BCUT2D eigenvalue weighted by Gasteiger charge is 2.49. The van der Waals surface area contributed by atoms with Gasteiger partial charge in [0, 0.05) is 37.3 Å². The monoisotopic (exact) mass is 366 g/mol. The second kappa shape index (κ2) is 6.33. The van der Waals surface area contributed by atoms with Crippen molar-refractivity contribution < 1.29 is 14.3 Å². The lowest BCUT2D eigenvalue weighted by molar-refractivity contribution is 0.0553. The molecule has 0 radical (unpaired) electrons. The highest BCUT2D eigenvalue weighted by atomic mass is 16.6. The van der Waals surface area contributed by atoms with Crippen LogP contribution in [-0.2, 0) is 4.74 Å². The number of ether oxygens (including phenoxy) is 1. The van der Waals surface area contributed by atoms with Crippen LogP contribution in [0.1, 0.15) is 28.2 Å². The third-order valence-corrected chi connectivity index (χ3v) is 5.20. The van der Waals surface area contributed by atoms with Gasteiger partial charge >= 0.3 is 6.09 Å². The smallest absolute Gasteiger partial charge is 0.410 e. The Morgan fingerprint density at radius 3 is 2.81 bits per heavy atom. The zero-order valence-electron chi connectivity index (χ0n) is 15.7. The minimum atomic E-state index is -0.572. The maximum atomic E-state index is 13.0. The fourth-order valence-electron chi connectivity index (χ4n) is 3.82. The maximum Gasteiger partial charge on any atom is 0.410 e. The third kappa shape index (κ3) is 3.13. The van der Waals surface area contributed by atoms with Crippen molar-refractivity contribution in [1.29, 1.82) is 0 Å². The Kier molecular flexibility index (Phi) is 4.09. The van der Waals surface area contributed by atoms with Crippen molar-refractivity contribution in [3.05, 3.63) is 47.4 Å². The van der Waals surface area contributed by atoms with Crippen LogP contribution in [-0.4, -0.2) is 64.1 Å². The van der Waals surface area contributed by atoms with Gasteiger partial charge in [-0.2, -0.15) is 0 Å². The quantitative estimate of drug-likeness (QED) is 0.816. The molecule has 4 rings (SSSR count). The average Bonchev–Trinajstić information content (AvgIpc) is 3.18. The molecule has 0 unspecified atom stereocenters. The first-order chi connectivity index (χ1) is 12.9. The Bertz CT molecular complexity index is 929. The van der Waals surface area contributed by atoms with Gasteiger partial charge in [0.25, 0.3) is 5.91 Å². The molecule has 0 saturated carbocycles. The lowest BCUT2D eigenvalue weighted by Gasteiger charge is -2.22.